The molecule has 1 atom stereocenters. The third-order valence-electron chi connectivity index (χ3n) is 4.57. The normalized spacial score (nSPS) is 16.1. The van der Waals surface area contributed by atoms with Gasteiger partial charge < -0.3 is 19.8 Å². The maximum atomic E-state index is 12.6. The van der Waals surface area contributed by atoms with Gasteiger partial charge in [0.25, 0.3) is 5.22 Å². The number of carbonyl (C=O) groups excluding carboxylic acids is 2. The van der Waals surface area contributed by atoms with E-state index in [2.05, 4.69) is 14.9 Å². The molecule has 1 aliphatic rings. The predicted octanol–water partition coefficient (Wildman–Crippen LogP) is 2.54. The zero-order chi connectivity index (χ0) is 21.0. The number of amides is 2. The average molecular weight is 426 g/mol. The van der Waals surface area contributed by atoms with Crippen LogP contribution in [-0.4, -0.2) is 51.9 Å². The number of likely N-dealkylation sites (tertiary alicyclic amines) is 1. The third-order valence-corrected chi connectivity index (χ3v) is 5.49. The number of aromatic nitrogens is 2. The Hall–Kier alpha value is -2.69. The maximum Gasteiger partial charge on any atom is 0.387 e. The molecular weight excluding hydrogens is 406 g/mol. The van der Waals surface area contributed by atoms with Crippen molar-refractivity contribution < 1.29 is 27.5 Å². The van der Waals surface area contributed by atoms with Crippen molar-refractivity contribution in [1.82, 2.24) is 15.1 Å². The summed E-state index contributed by atoms with van der Waals surface area (Å²) in [5.74, 6) is -0.355. The van der Waals surface area contributed by atoms with Crippen molar-refractivity contribution in [2.24, 2.45) is 11.7 Å². The monoisotopic (exact) mass is 426 g/mol. The van der Waals surface area contributed by atoms with Crippen molar-refractivity contribution in [3.05, 3.63) is 24.3 Å². The van der Waals surface area contributed by atoms with Crippen molar-refractivity contribution in [1.29, 1.82) is 0 Å². The van der Waals surface area contributed by atoms with Crippen LogP contribution in [-0.2, 0) is 9.59 Å². The molecular formula is C18H20F2N4O4S. The van der Waals surface area contributed by atoms with E-state index in [1.807, 2.05) is 0 Å². The number of ether oxygens (including phenoxy) is 1. The highest BCUT2D eigenvalue weighted by molar-refractivity contribution is 8.00. The number of nitrogens with two attached hydrogens (primary N) is 1. The zero-order valence-electron chi connectivity index (χ0n) is 15.6. The first-order valence-corrected chi connectivity index (χ1v) is 9.85. The fourth-order valence-electron chi connectivity index (χ4n) is 3.00. The number of nitrogens with zero attached hydrogens (tertiary/aromatic N) is 3. The Morgan fingerprint density at radius 3 is 2.48 bits per heavy atom. The molecule has 2 aromatic rings. The summed E-state index contributed by atoms with van der Waals surface area (Å²) in [6.45, 7) is -0.181. The van der Waals surface area contributed by atoms with Gasteiger partial charge in [-0.3, -0.25) is 9.59 Å². The highest BCUT2D eigenvalue weighted by Gasteiger charge is 2.29. The third kappa shape index (κ3) is 5.43. The average Bonchev–Trinajstić information content (AvgIpc) is 3.16. The Labute approximate surface area is 169 Å². The molecule has 0 aliphatic carbocycles. The zero-order valence-corrected chi connectivity index (χ0v) is 16.4. The summed E-state index contributed by atoms with van der Waals surface area (Å²) in [5, 5.41) is 7.63. The van der Waals surface area contributed by atoms with Gasteiger partial charge in [-0.05, 0) is 44.0 Å². The lowest BCUT2D eigenvalue weighted by Gasteiger charge is -2.31. The van der Waals surface area contributed by atoms with Crippen LogP contribution >= 0.6 is 11.8 Å². The van der Waals surface area contributed by atoms with Crippen LogP contribution in [0, 0.1) is 5.92 Å². The molecule has 1 saturated heterocycles. The first kappa shape index (κ1) is 21.0. The van der Waals surface area contributed by atoms with E-state index in [4.69, 9.17) is 10.2 Å². The molecule has 1 aliphatic heterocycles. The predicted molar refractivity (Wildman–Crippen MR) is 100 cm³/mol. The second-order valence-electron chi connectivity index (χ2n) is 6.54. The van der Waals surface area contributed by atoms with Crippen LogP contribution in [0.2, 0.25) is 0 Å². The van der Waals surface area contributed by atoms with Crippen molar-refractivity contribution in [2.45, 2.75) is 36.8 Å². The van der Waals surface area contributed by atoms with Gasteiger partial charge in [0, 0.05) is 24.6 Å². The topological polar surface area (TPSA) is 112 Å². The first-order chi connectivity index (χ1) is 13.8. The molecule has 2 amide bonds. The minimum atomic E-state index is -2.90. The number of hydrogen-bond acceptors (Lipinski definition) is 7. The Balaban J connectivity index is 1.56. The molecule has 1 fully saturated rings. The standard InChI is InChI=1S/C18H20F2N4O4S/c1-10(16(26)24-8-6-11(7-9-24)14(21)25)29-18-23-22-15(28-18)12-2-4-13(5-3-12)27-17(19)20/h2-5,10-11,17H,6-9H2,1H3,(H2,21,25). The van der Waals surface area contributed by atoms with Crippen molar-refractivity contribution in [2.75, 3.05) is 13.1 Å². The fourth-order valence-corrected chi connectivity index (χ4v) is 3.76. The lowest BCUT2D eigenvalue weighted by atomic mass is 9.96. The highest BCUT2D eigenvalue weighted by Crippen LogP contribution is 2.29. The number of halogens is 2. The van der Waals surface area contributed by atoms with Gasteiger partial charge in [-0.2, -0.15) is 8.78 Å². The molecule has 156 valence electrons. The Morgan fingerprint density at radius 2 is 1.90 bits per heavy atom. The summed E-state index contributed by atoms with van der Waals surface area (Å²) < 4.78 is 34.3. The molecule has 3 rings (SSSR count). The van der Waals surface area contributed by atoms with E-state index in [-0.39, 0.29) is 34.6 Å². The van der Waals surface area contributed by atoms with Crippen molar-refractivity contribution in [3.8, 4) is 17.2 Å². The fraction of sp³-hybridized carbons (Fsp3) is 0.444. The Bertz CT molecular complexity index is 854. The smallest absolute Gasteiger partial charge is 0.387 e. The van der Waals surface area contributed by atoms with Crippen molar-refractivity contribution in [3.63, 3.8) is 0 Å². The number of hydrogen-bond donors (Lipinski definition) is 1. The summed E-state index contributed by atoms with van der Waals surface area (Å²) >= 11 is 1.13. The van der Waals surface area contributed by atoms with E-state index in [0.717, 1.165) is 11.8 Å². The van der Waals surface area contributed by atoms with Crippen LogP contribution in [0.5, 0.6) is 5.75 Å². The van der Waals surface area contributed by atoms with Gasteiger partial charge in [-0.1, -0.05) is 11.8 Å². The number of benzene rings is 1. The van der Waals surface area contributed by atoms with Gasteiger partial charge in [-0.15, -0.1) is 10.2 Å². The maximum absolute atomic E-state index is 12.6. The van der Waals surface area contributed by atoms with Crippen LogP contribution in [0.25, 0.3) is 11.5 Å². The summed E-state index contributed by atoms with van der Waals surface area (Å²) in [7, 11) is 0. The largest absolute Gasteiger partial charge is 0.435 e. The van der Waals surface area contributed by atoms with Gasteiger partial charge in [-0.25, -0.2) is 0 Å². The van der Waals surface area contributed by atoms with E-state index >= 15 is 0 Å². The van der Waals surface area contributed by atoms with Crippen LogP contribution in [0.3, 0.4) is 0 Å². The summed E-state index contributed by atoms with van der Waals surface area (Å²) in [5.41, 5.74) is 5.86. The Morgan fingerprint density at radius 1 is 1.24 bits per heavy atom. The van der Waals surface area contributed by atoms with Crippen LogP contribution in [0.15, 0.2) is 33.9 Å². The van der Waals surface area contributed by atoms with Gasteiger partial charge >= 0.3 is 6.61 Å². The van der Waals surface area contributed by atoms with Crippen LogP contribution in [0.1, 0.15) is 19.8 Å². The second-order valence-corrected chi connectivity index (χ2v) is 7.83. The lowest BCUT2D eigenvalue weighted by molar-refractivity contribution is -0.134. The molecule has 29 heavy (non-hydrogen) atoms. The van der Waals surface area contributed by atoms with E-state index in [0.29, 0.717) is 31.5 Å². The molecule has 0 bridgehead atoms. The molecule has 0 radical (unpaired) electrons. The lowest BCUT2D eigenvalue weighted by Crippen LogP contribution is -2.44. The molecule has 1 aromatic heterocycles. The number of thioether (sulfide) groups is 1. The number of carbonyl (C=O) groups is 2. The van der Waals surface area contributed by atoms with Crippen LogP contribution < -0.4 is 10.5 Å². The van der Waals surface area contributed by atoms with E-state index < -0.39 is 11.9 Å². The number of primary amides is 1. The second kappa shape index (κ2) is 9.21. The number of alkyl halides is 2. The van der Waals surface area contributed by atoms with E-state index in [9.17, 15) is 18.4 Å². The molecule has 1 unspecified atom stereocenters. The molecule has 2 N–H and O–H groups in total. The molecule has 1 aromatic carbocycles. The SMILES string of the molecule is CC(Sc1nnc(-c2ccc(OC(F)F)cc2)o1)C(=O)N1CCC(C(N)=O)CC1. The summed E-state index contributed by atoms with van der Waals surface area (Å²) in [6, 6.07) is 5.80. The molecule has 0 spiro atoms. The molecule has 8 nitrogen and oxygen atoms in total. The summed E-state index contributed by atoms with van der Waals surface area (Å²) in [4.78, 5) is 25.5. The number of rotatable bonds is 7. The minimum absolute atomic E-state index is 0.0252. The quantitative estimate of drug-likeness (QED) is 0.677. The minimum Gasteiger partial charge on any atom is -0.435 e. The number of piperidine rings is 1. The summed E-state index contributed by atoms with van der Waals surface area (Å²) in [6.07, 6.45) is 1.13. The Kier molecular flexibility index (Phi) is 6.68. The van der Waals surface area contributed by atoms with Crippen LogP contribution in [0.4, 0.5) is 8.78 Å². The molecule has 2 heterocycles. The molecule has 0 saturated carbocycles. The van der Waals surface area contributed by atoms with E-state index in [1.54, 1.807) is 11.8 Å². The van der Waals surface area contributed by atoms with Gasteiger partial charge in [0.05, 0.1) is 5.25 Å². The van der Waals surface area contributed by atoms with Gasteiger partial charge in [0.15, 0.2) is 0 Å². The van der Waals surface area contributed by atoms with E-state index in [1.165, 1.54) is 24.3 Å². The first-order valence-electron chi connectivity index (χ1n) is 8.97. The van der Waals surface area contributed by atoms with Crippen molar-refractivity contribution >= 4 is 23.6 Å². The highest BCUT2D eigenvalue weighted by atomic mass is 32.2. The molecule has 11 heteroatoms. The van der Waals surface area contributed by atoms with Gasteiger partial charge in [0.1, 0.15) is 5.75 Å². The van der Waals surface area contributed by atoms with Gasteiger partial charge in [0.2, 0.25) is 17.7 Å².